The van der Waals surface area contributed by atoms with Gasteiger partial charge in [-0.25, -0.2) is 4.57 Å². The highest BCUT2D eigenvalue weighted by Gasteiger charge is 2.47. The van der Waals surface area contributed by atoms with Crippen LogP contribution in [0.3, 0.4) is 0 Å². The molecule has 1 fully saturated rings. The Labute approximate surface area is 129 Å². The Balaban J connectivity index is 1.59. The van der Waals surface area contributed by atoms with Crippen LogP contribution in [0.4, 0.5) is 0 Å². The molecule has 1 aliphatic carbocycles. The molecule has 0 aromatic carbocycles. The third-order valence-electron chi connectivity index (χ3n) is 4.24. The highest BCUT2D eigenvalue weighted by atomic mass is 35.5. The Hall–Kier alpha value is -1.68. The highest BCUT2D eigenvalue weighted by Crippen LogP contribution is 2.38. The average Bonchev–Trinajstić information content (AvgIpc) is 2.73. The predicted octanol–water partition coefficient (Wildman–Crippen LogP) is 1.88. The Kier molecular flexibility index (Phi) is 4.06. The van der Waals surface area contributed by atoms with Gasteiger partial charge in [-0.15, -0.1) is 0 Å². The first-order chi connectivity index (χ1) is 10.2. The molecule has 2 unspecified atom stereocenters. The van der Waals surface area contributed by atoms with Gasteiger partial charge in [-0.05, 0) is 12.8 Å². The quantitative estimate of drug-likeness (QED) is 0.629. The second-order valence-electron chi connectivity index (χ2n) is 5.60. The molecule has 5 heteroatoms. The van der Waals surface area contributed by atoms with E-state index in [0.29, 0.717) is 24.4 Å². The summed E-state index contributed by atoms with van der Waals surface area (Å²) in [6, 6.07) is 5.90. The van der Waals surface area contributed by atoms with Gasteiger partial charge in [0, 0.05) is 30.1 Å². The minimum atomic E-state index is -0.237. The van der Waals surface area contributed by atoms with Crippen LogP contribution in [0, 0.1) is 11.8 Å². The maximum Gasteiger partial charge on any atom is 0.233 e. The number of nitrogens with zero attached hydrogens (tertiary/aromatic N) is 2. The summed E-state index contributed by atoms with van der Waals surface area (Å²) in [4.78, 5) is 26.1. The monoisotopic (exact) mass is 305 g/mol. The summed E-state index contributed by atoms with van der Waals surface area (Å²) < 4.78 is 2.05. The van der Waals surface area contributed by atoms with Gasteiger partial charge in [0.15, 0.2) is 12.4 Å². The number of halogens is 1. The third-order valence-corrected chi connectivity index (χ3v) is 4.54. The van der Waals surface area contributed by atoms with Crippen molar-refractivity contribution in [2.45, 2.75) is 25.8 Å². The molecule has 21 heavy (non-hydrogen) atoms. The lowest BCUT2D eigenvalue weighted by Crippen LogP contribution is -2.37. The largest absolute Gasteiger partial charge is 0.282 e. The lowest BCUT2D eigenvalue weighted by Gasteiger charge is -2.17. The van der Waals surface area contributed by atoms with Crippen molar-refractivity contribution in [1.29, 1.82) is 0 Å². The zero-order valence-electron chi connectivity index (χ0n) is 11.7. The smallest absolute Gasteiger partial charge is 0.233 e. The van der Waals surface area contributed by atoms with Gasteiger partial charge in [-0.3, -0.25) is 14.5 Å². The van der Waals surface area contributed by atoms with Crippen molar-refractivity contribution in [3.05, 3.63) is 41.7 Å². The van der Waals surface area contributed by atoms with E-state index in [4.69, 9.17) is 11.6 Å². The number of fused-ring (bicyclic) bond motifs is 1. The van der Waals surface area contributed by atoms with Crippen LogP contribution in [-0.2, 0) is 16.1 Å². The molecule has 2 heterocycles. The van der Waals surface area contributed by atoms with Gasteiger partial charge in [0.1, 0.15) is 6.54 Å². The average molecular weight is 306 g/mol. The Bertz CT molecular complexity index is 585. The standard InChI is InChI=1S/C16H18ClN2O2/c17-12-5-6-13-14(11-12)16(21)19(15(13)20)10-4-9-18-7-2-1-3-8-18/h1-3,5,7-8,13-14H,4,6,9-11H2/q+1. The molecular weight excluding hydrogens is 288 g/mol. The topological polar surface area (TPSA) is 41.3 Å². The second-order valence-corrected chi connectivity index (χ2v) is 6.08. The lowest BCUT2D eigenvalue weighted by atomic mass is 9.85. The molecule has 4 nitrogen and oxygen atoms in total. The number of carbonyl (C=O) groups excluding carboxylic acids is 2. The number of aromatic nitrogens is 1. The summed E-state index contributed by atoms with van der Waals surface area (Å²) in [6.07, 6.45) is 7.72. The predicted molar refractivity (Wildman–Crippen MR) is 78.1 cm³/mol. The second kappa shape index (κ2) is 5.98. The lowest BCUT2D eigenvalue weighted by molar-refractivity contribution is -0.697. The van der Waals surface area contributed by atoms with Crippen LogP contribution in [0.15, 0.2) is 41.7 Å². The SMILES string of the molecule is O=C1C2CC=C(Cl)CC2C(=O)N1CCC[n+]1ccccc1. The van der Waals surface area contributed by atoms with Gasteiger partial charge in [0.25, 0.3) is 0 Å². The first kappa shape index (κ1) is 14.3. The maximum absolute atomic E-state index is 12.4. The van der Waals surface area contributed by atoms with Crippen molar-refractivity contribution in [3.8, 4) is 0 Å². The third kappa shape index (κ3) is 2.86. The van der Waals surface area contributed by atoms with Crippen LogP contribution < -0.4 is 4.57 Å². The molecule has 0 saturated carbocycles. The maximum atomic E-state index is 12.4. The van der Waals surface area contributed by atoms with Crippen LogP contribution in [-0.4, -0.2) is 23.3 Å². The number of aryl methyl sites for hydroxylation is 1. The van der Waals surface area contributed by atoms with E-state index in [1.165, 1.54) is 4.90 Å². The molecule has 1 aromatic heterocycles. The summed E-state index contributed by atoms with van der Waals surface area (Å²) in [5.74, 6) is -0.499. The van der Waals surface area contributed by atoms with Gasteiger partial charge >= 0.3 is 0 Å². The molecule has 2 atom stereocenters. The molecule has 0 N–H and O–H groups in total. The van der Waals surface area contributed by atoms with E-state index in [9.17, 15) is 9.59 Å². The van der Waals surface area contributed by atoms with Gasteiger partial charge in [0.2, 0.25) is 11.8 Å². The van der Waals surface area contributed by atoms with E-state index in [-0.39, 0.29) is 23.7 Å². The molecule has 2 aliphatic rings. The van der Waals surface area contributed by atoms with E-state index < -0.39 is 0 Å². The number of amides is 2. The van der Waals surface area contributed by atoms with Crippen molar-refractivity contribution in [2.75, 3.05) is 6.54 Å². The minimum Gasteiger partial charge on any atom is -0.282 e. The first-order valence-electron chi connectivity index (χ1n) is 7.30. The molecule has 1 aromatic rings. The number of likely N-dealkylation sites (tertiary alicyclic amines) is 1. The fourth-order valence-electron chi connectivity index (χ4n) is 3.11. The number of carbonyl (C=O) groups is 2. The molecule has 1 saturated heterocycles. The number of pyridine rings is 1. The van der Waals surface area contributed by atoms with Gasteiger partial charge < -0.3 is 0 Å². The fourth-order valence-corrected chi connectivity index (χ4v) is 3.37. The molecule has 3 rings (SSSR count). The van der Waals surface area contributed by atoms with Crippen molar-refractivity contribution in [2.24, 2.45) is 11.8 Å². The zero-order valence-corrected chi connectivity index (χ0v) is 12.5. The first-order valence-corrected chi connectivity index (χ1v) is 7.68. The number of allylic oxidation sites excluding steroid dienone is 2. The van der Waals surface area contributed by atoms with E-state index >= 15 is 0 Å². The van der Waals surface area contributed by atoms with Crippen LogP contribution in [0.25, 0.3) is 0 Å². The normalized spacial score (nSPS) is 25.0. The van der Waals surface area contributed by atoms with E-state index in [1.807, 2.05) is 36.7 Å². The Morgan fingerprint density at radius 1 is 1.14 bits per heavy atom. The van der Waals surface area contributed by atoms with Crippen molar-refractivity contribution in [1.82, 2.24) is 4.90 Å². The van der Waals surface area contributed by atoms with E-state index in [1.54, 1.807) is 0 Å². The zero-order chi connectivity index (χ0) is 14.8. The van der Waals surface area contributed by atoms with Crippen molar-refractivity contribution >= 4 is 23.4 Å². The molecule has 0 radical (unpaired) electrons. The van der Waals surface area contributed by atoms with Crippen LogP contribution in [0.2, 0.25) is 0 Å². The van der Waals surface area contributed by atoms with Crippen molar-refractivity contribution in [3.63, 3.8) is 0 Å². The number of hydrogen-bond donors (Lipinski definition) is 0. The number of imide groups is 1. The van der Waals surface area contributed by atoms with Crippen LogP contribution >= 0.6 is 11.6 Å². The number of hydrogen-bond acceptors (Lipinski definition) is 2. The minimum absolute atomic E-state index is 0.0246. The summed E-state index contributed by atoms with van der Waals surface area (Å²) in [7, 11) is 0. The summed E-state index contributed by atoms with van der Waals surface area (Å²) in [5.41, 5.74) is 0. The molecule has 0 bridgehead atoms. The Morgan fingerprint density at radius 2 is 1.86 bits per heavy atom. The van der Waals surface area contributed by atoms with E-state index in [2.05, 4.69) is 4.57 Å². The summed E-state index contributed by atoms with van der Waals surface area (Å²) >= 11 is 6.00. The van der Waals surface area contributed by atoms with E-state index in [0.717, 1.165) is 13.0 Å². The van der Waals surface area contributed by atoms with Crippen LogP contribution in [0.5, 0.6) is 0 Å². The number of rotatable bonds is 4. The molecular formula is C16H18ClN2O2+. The molecule has 110 valence electrons. The molecule has 2 amide bonds. The molecule has 1 aliphatic heterocycles. The van der Waals surface area contributed by atoms with Crippen molar-refractivity contribution < 1.29 is 14.2 Å². The fraction of sp³-hybridized carbons (Fsp3) is 0.438. The van der Waals surface area contributed by atoms with Crippen LogP contribution in [0.1, 0.15) is 19.3 Å². The summed E-state index contributed by atoms with van der Waals surface area (Å²) in [6.45, 7) is 1.29. The van der Waals surface area contributed by atoms with Gasteiger partial charge in [-0.2, -0.15) is 0 Å². The highest BCUT2D eigenvalue weighted by molar-refractivity contribution is 6.30. The molecule has 0 spiro atoms. The summed E-state index contributed by atoms with van der Waals surface area (Å²) in [5, 5.41) is 0.707. The van der Waals surface area contributed by atoms with Gasteiger partial charge in [-0.1, -0.05) is 23.7 Å². The Morgan fingerprint density at radius 3 is 2.62 bits per heavy atom. The van der Waals surface area contributed by atoms with Gasteiger partial charge in [0.05, 0.1) is 11.8 Å².